The first-order valence-corrected chi connectivity index (χ1v) is 10.9. The van der Waals surface area contributed by atoms with E-state index < -0.39 is 10.0 Å². The molecule has 0 spiro atoms. The standard InChI is InChI=1S/C19H21N3O3S2/c1-13-10-11-14(12-17(13)27(24,25)20-2)21-18(23)8-5-9-19-22-15-6-3-4-7-16(15)26-19/h3-4,6-7,10-12,20H,5,8-9H2,1-2H3,(H,21,23). The van der Waals surface area contributed by atoms with Gasteiger partial charge in [0.05, 0.1) is 20.1 Å². The smallest absolute Gasteiger partial charge is 0.240 e. The number of hydrogen-bond acceptors (Lipinski definition) is 5. The Labute approximate surface area is 162 Å². The topological polar surface area (TPSA) is 88.2 Å². The molecule has 0 fully saturated rings. The maximum absolute atomic E-state index is 12.2. The van der Waals surface area contributed by atoms with E-state index in [4.69, 9.17) is 0 Å². The van der Waals surface area contributed by atoms with Gasteiger partial charge in [-0.1, -0.05) is 18.2 Å². The minimum absolute atomic E-state index is 0.146. The minimum atomic E-state index is -3.56. The van der Waals surface area contributed by atoms with Crippen molar-refractivity contribution in [3.05, 3.63) is 53.0 Å². The maximum Gasteiger partial charge on any atom is 0.240 e. The molecule has 1 aromatic heterocycles. The van der Waals surface area contributed by atoms with Crippen molar-refractivity contribution in [2.24, 2.45) is 0 Å². The summed E-state index contributed by atoms with van der Waals surface area (Å²) in [6, 6.07) is 12.8. The second kappa shape index (κ2) is 8.16. The van der Waals surface area contributed by atoms with Crippen molar-refractivity contribution < 1.29 is 13.2 Å². The molecule has 27 heavy (non-hydrogen) atoms. The Kier molecular flexibility index (Phi) is 5.88. The Morgan fingerprint density at radius 2 is 1.96 bits per heavy atom. The molecule has 0 bridgehead atoms. The molecular weight excluding hydrogens is 382 g/mol. The Bertz CT molecular complexity index is 1040. The summed E-state index contributed by atoms with van der Waals surface area (Å²) in [6.45, 7) is 1.72. The van der Waals surface area contributed by atoms with Gasteiger partial charge in [-0.15, -0.1) is 11.3 Å². The lowest BCUT2D eigenvalue weighted by atomic mass is 10.2. The van der Waals surface area contributed by atoms with Crippen molar-refractivity contribution in [3.63, 3.8) is 0 Å². The number of benzene rings is 2. The zero-order chi connectivity index (χ0) is 19.4. The summed E-state index contributed by atoms with van der Waals surface area (Å²) in [7, 11) is -2.20. The zero-order valence-corrected chi connectivity index (χ0v) is 16.8. The molecule has 0 radical (unpaired) electrons. The third kappa shape index (κ3) is 4.71. The number of para-hydroxylation sites is 1. The summed E-state index contributed by atoms with van der Waals surface area (Å²) < 4.78 is 27.5. The van der Waals surface area contributed by atoms with Crippen molar-refractivity contribution in [3.8, 4) is 0 Å². The number of rotatable bonds is 7. The maximum atomic E-state index is 12.2. The van der Waals surface area contributed by atoms with Gasteiger partial charge in [0, 0.05) is 12.1 Å². The summed E-state index contributed by atoms with van der Waals surface area (Å²) in [5.41, 5.74) is 2.08. The predicted molar refractivity (Wildman–Crippen MR) is 109 cm³/mol. The largest absolute Gasteiger partial charge is 0.326 e. The Morgan fingerprint density at radius 1 is 1.19 bits per heavy atom. The molecule has 0 saturated heterocycles. The fourth-order valence-corrected chi connectivity index (χ4v) is 4.73. The van der Waals surface area contributed by atoms with Gasteiger partial charge in [-0.05, 0) is 56.6 Å². The number of thiazole rings is 1. The van der Waals surface area contributed by atoms with Crippen LogP contribution in [0, 0.1) is 6.92 Å². The highest BCUT2D eigenvalue weighted by Crippen LogP contribution is 2.23. The van der Waals surface area contributed by atoms with E-state index >= 15 is 0 Å². The number of sulfonamides is 1. The van der Waals surface area contributed by atoms with Gasteiger partial charge < -0.3 is 5.32 Å². The number of anilines is 1. The molecule has 1 heterocycles. The van der Waals surface area contributed by atoms with E-state index in [1.165, 1.54) is 13.1 Å². The van der Waals surface area contributed by atoms with Crippen molar-refractivity contribution in [2.45, 2.75) is 31.1 Å². The highest BCUT2D eigenvalue weighted by molar-refractivity contribution is 7.89. The molecule has 0 unspecified atom stereocenters. The molecule has 2 aromatic carbocycles. The zero-order valence-electron chi connectivity index (χ0n) is 15.2. The molecule has 3 aromatic rings. The normalized spacial score (nSPS) is 11.6. The number of carbonyl (C=O) groups is 1. The Morgan fingerprint density at radius 3 is 2.70 bits per heavy atom. The summed E-state index contributed by atoms with van der Waals surface area (Å²) in [5, 5.41) is 3.79. The van der Waals surface area contributed by atoms with Crippen LogP contribution in [0.2, 0.25) is 0 Å². The van der Waals surface area contributed by atoms with Crippen LogP contribution in [0.15, 0.2) is 47.4 Å². The molecule has 1 amide bonds. The number of carbonyl (C=O) groups excluding carboxylic acids is 1. The molecule has 6 nitrogen and oxygen atoms in total. The van der Waals surface area contributed by atoms with Gasteiger partial charge in [0.1, 0.15) is 0 Å². The fraction of sp³-hybridized carbons (Fsp3) is 0.263. The number of amides is 1. The third-order valence-electron chi connectivity index (χ3n) is 4.16. The molecule has 142 valence electrons. The van der Waals surface area contributed by atoms with Crippen LogP contribution in [0.4, 0.5) is 5.69 Å². The lowest BCUT2D eigenvalue weighted by Crippen LogP contribution is -2.20. The fourth-order valence-electron chi connectivity index (χ4n) is 2.73. The van der Waals surface area contributed by atoms with Gasteiger partial charge >= 0.3 is 0 Å². The van der Waals surface area contributed by atoms with Crippen molar-refractivity contribution in [2.75, 3.05) is 12.4 Å². The van der Waals surface area contributed by atoms with Gasteiger partial charge in [-0.25, -0.2) is 18.1 Å². The van der Waals surface area contributed by atoms with Crippen molar-refractivity contribution in [1.29, 1.82) is 0 Å². The van der Waals surface area contributed by atoms with E-state index in [1.54, 1.807) is 30.4 Å². The summed E-state index contributed by atoms with van der Waals surface area (Å²) in [4.78, 5) is 16.9. The van der Waals surface area contributed by atoms with E-state index in [1.807, 2.05) is 24.3 Å². The Hall–Kier alpha value is -2.29. The summed E-state index contributed by atoms with van der Waals surface area (Å²) >= 11 is 1.65. The third-order valence-corrected chi connectivity index (χ3v) is 6.82. The molecule has 0 aliphatic carbocycles. The highest BCUT2D eigenvalue weighted by Gasteiger charge is 2.15. The monoisotopic (exact) mass is 403 g/mol. The number of nitrogens with one attached hydrogen (secondary N) is 2. The second-order valence-corrected chi connectivity index (χ2v) is 9.14. The van der Waals surface area contributed by atoms with Gasteiger partial charge in [0.25, 0.3) is 0 Å². The Balaban J connectivity index is 1.58. The minimum Gasteiger partial charge on any atom is -0.326 e. The van der Waals surface area contributed by atoms with E-state index in [2.05, 4.69) is 15.0 Å². The first-order valence-electron chi connectivity index (χ1n) is 8.57. The first-order chi connectivity index (χ1) is 12.9. The number of fused-ring (bicyclic) bond motifs is 1. The van der Waals surface area contributed by atoms with E-state index in [9.17, 15) is 13.2 Å². The second-order valence-electron chi connectivity index (χ2n) is 6.16. The number of aromatic nitrogens is 1. The average molecular weight is 404 g/mol. The van der Waals surface area contributed by atoms with Gasteiger partial charge in [0.2, 0.25) is 15.9 Å². The van der Waals surface area contributed by atoms with Gasteiger partial charge in [-0.2, -0.15) is 0 Å². The molecule has 0 atom stereocenters. The van der Waals surface area contributed by atoms with Crippen LogP contribution in [0.1, 0.15) is 23.4 Å². The lowest BCUT2D eigenvalue weighted by molar-refractivity contribution is -0.116. The predicted octanol–water partition coefficient (Wildman–Crippen LogP) is 3.47. The van der Waals surface area contributed by atoms with Crippen LogP contribution in [0.3, 0.4) is 0 Å². The lowest BCUT2D eigenvalue weighted by Gasteiger charge is -2.10. The highest BCUT2D eigenvalue weighted by atomic mass is 32.2. The molecule has 8 heteroatoms. The van der Waals surface area contributed by atoms with Crippen LogP contribution >= 0.6 is 11.3 Å². The van der Waals surface area contributed by atoms with E-state index in [-0.39, 0.29) is 10.8 Å². The molecule has 0 aliphatic rings. The first kappa shape index (κ1) is 19.5. The molecule has 0 saturated carbocycles. The molecule has 0 aliphatic heterocycles. The van der Waals surface area contributed by atoms with E-state index in [0.717, 1.165) is 21.6 Å². The van der Waals surface area contributed by atoms with Crippen LogP contribution in [-0.2, 0) is 21.2 Å². The van der Waals surface area contributed by atoms with Crippen molar-refractivity contribution in [1.82, 2.24) is 9.71 Å². The van der Waals surface area contributed by atoms with Crippen LogP contribution in [-0.4, -0.2) is 26.4 Å². The molecule has 2 N–H and O–H groups in total. The molecule has 3 rings (SSSR count). The van der Waals surface area contributed by atoms with Crippen LogP contribution in [0.25, 0.3) is 10.2 Å². The van der Waals surface area contributed by atoms with Crippen LogP contribution in [0.5, 0.6) is 0 Å². The number of aryl methyl sites for hydroxylation is 2. The van der Waals surface area contributed by atoms with Gasteiger partial charge in [-0.3, -0.25) is 4.79 Å². The number of nitrogens with zero attached hydrogens (tertiary/aromatic N) is 1. The summed E-state index contributed by atoms with van der Waals surface area (Å²) in [6.07, 6.45) is 1.76. The van der Waals surface area contributed by atoms with Crippen molar-refractivity contribution >= 4 is 43.2 Å². The van der Waals surface area contributed by atoms with E-state index in [0.29, 0.717) is 24.1 Å². The average Bonchev–Trinajstić information content (AvgIpc) is 3.06. The number of hydrogen-bond donors (Lipinski definition) is 2. The van der Waals surface area contributed by atoms with Gasteiger partial charge in [0.15, 0.2) is 0 Å². The quantitative estimate of drug-likeness (QED) is 0.632. The molecular formula is C19H21N3O3S2. The SMILES string of the molecule is CNS(=O)(=O)c1cc(NC(=O)CCCc2nc3ccccc3s2)ccc1C. The summed E-state index contributed by atoms with van der Waals surface area (Å²) in [5.74, 6) is -0.146. The van der Waals surface area contributed by atoms with Crippen LogP contribution < -0.4 is 10.0 Å².